The Hall–Kier alpha value is -1.79. The van der Waals surface area contributed by atoms with Crippen LogP contribution >= 0.6 is 0 Å². The van der Waals surface area contributed by atoms with Crippen molar-refractivity contribution in [3.05, 3.63) is 40.2 Å². The van der Waals surface area contributed by atoms with Crippen molar-refractivity contribution in [2.45, 2.75) is 59.0 Å². The molecule has 3 rings (SSSR count). The lowest BCUT2D eigenvalue weighted by Gasteiger charge is -2.32. The Labute approximate surface area is 173 Å². The summed E-state index contributed by atoms with van der Waals surface area (Å²) in [6, 6.07) is 4.48. The predicted molar refractivity (Wildman–Crippen MR) is 117 cm³/mol. The Morgan fingerprint density at radius 1 is 1.14 bits per heavy atom. The number of likely N-dealkylation sites (N-methyl/N-ethyl adjacent to an activating group) is 1. The van der Waals surface area contributed by atoms with Crippen LogP contribution in [0.4, 0.5) is 4.39 Å². The minimum absolute atomic E-state index is 0.112. The third-order valence-electron chi connectivity index (χ3n) is 5.93. The maximum absolute atomic E-state index is 13.8. The second-order valence-electron chi connectivity index (χ2n) is 8.77. The zero-order chi connectivity index (χ0) is 21.0. The van der Waals surface area contributed by atoms with Crippen LogP contribution in [0, 0.1) is 11.7 Å². The molecule has 0 radical (unpaired) electrons. The standard InChI is InChI=1S/C23H35FN4O/c1-5-7-21(27-12-6-11-26(4)14-15-27)22-25-20-9-8-18(24)16-19(20)23(29)28(22)13-10-17(2)3/h8-9,16-17,21H,5-7,10-15H2,1-4H3/t21-/m1/s1. The minimum atomic E-state index is -0.389. The number of aromatic nitrogens is 2. The van der Waals surface area contributed by atoms with Gasteiger partial charge in [0.05, 0.1) is 16.9 Å². The van der Waals surface area contributed by atoms with Crippen LogP contribution in [-0.4, -0.2) is 52.6 Å². The summed E-state index contributed by atoms with van der Waals surface area (Å²) in [5, 5.41) is 0.378. The smallest absolute Gasteiger partial charge is 0.261 e. The van der Waals surface area contributed by atoms with Gasteiger partial charge in [-0.1, -0.05) is 27.2 Å². The Morgan fingerprint density at radius 3 is 2.66 bits per heavy atom. The van der Waals surface area contributed by atoms with Crippen LogP contribution in [0.5, 0.6) is 0 Å². The van der Waals surface area contributed by atoms with Crippen LogP contribution in [0.1, 0.15) is 58.3 Å². The minimum Gasteiger partial charge on any atom is -0.305 e. The van der Waals surface area contributed by atoms with Crippen LogP contribution < -0.4 is 5.56 Å². The van der Waals surface area contributed by atoms with Gasteiger partial charge in [-0.15, -0.1) is 0 Å². The van der Waals surface area contributed by atoms with Crippen LogP contribution in [0.15, 0.2) is 23.0 Å². The Kier molecular flexibility index (Phi) is 7.41. The highest BCUT2D eigenvalue weighted by atomic mass is 19.1. The molecule has 29 heavy (non-hydrogen) atoms. The molecule has 0 saturated carbocycles. The molecule has 1 atom stereocenters. The van der Waals surface area contributed by atoms with E-state index in [1.165, 1.54) is 12.1 Å². The van der Waals surface area contributed by atoms with Gasteiger partial charge in [0.2, 0.25) is 0 Å². The third kappa shape index (κ3) is 5.23. The van der Waals surface area contributed by atoms with Crippen LogP contribution in [0.25, 0.3) is 10.9 Å². The van der Waals surface area contributed by atoms with Gasteiger partial charge in [-0.05, 0) is 57.0 Å². The lowest BCUT2D eigenvalue weighted by Crippen LogP contribution is -2.37. The van der Waals surface area contributed by atoms with Crippen molar-refractivity contribution in [2.24, 2.45) is 5.92 Å². The number of hydrogen-bond donors (Lipinski definition) is 0. The van der Waals surface area contributed by atoms with E-state index in [1.54, 1.807) is 6.07 Å². The van der Waals surface area contributed by atoms with E-state index in [1.807, 2.05) is 4.57 Å². The molecule has 0 aliphatic carbocycles. The summed E-state index contributed by atoms with van der Waals surface area (Å²) in [6.45, 7) is 11.2. The molecule has 6 heteroatoms. The van der Waals surface area contributed by atoms with Gasteiger partial charge in [0.25, 0.3) is 5.56 Å². The summed E-state index contributed by atoms with van der Waals surface area (Å²) in [7, 11) is 2.17. The van der Waals surface area contributed by atoms with E-state index >= 15 is 0 Å². The SMILES string of the molecule is CCC[C@H](c1nc2ccc(F)cc2c(=O)n1CCC(C)C)N1CCCN(C)CC1. The largest absolute Gasteiger partial charge is 0.305 e. The zero-order valence-corrected chi connectivity index (χ0v) is 18.3. The molecule has 0 unspecified atom stereocenters. The average Bonchev–Trinajstić information content (AvgIpc) is 2.90. The molecule has 0 spiro atoms. The van der Waals surface area contributed by atoms with Crippen molar-refractivity contribution < 1.29 is 4.39 Å². The van der Waals surface area contributed by atoms with Crippen molar-refractivity contribution in [2.75, 3.05) is 33.2 Å². The molecule has 0 bridgehead atoms. The number of halogens is 1. The second kappa shape index (κ2) is 9.81. The highest BCUT2D eigenvalue weighted by molar-refractivity contribution is 5.77. The average molecular weight is 403 g/mol. The van der Waals surface area contributed by atoms with E-state index in [4.69, 9.17) is 4.98 Å². The third-order valence-corrected chi connectivity index (χ3v) is 5.93. The van der Waals surface area contributed by atoms with Crippen molar-refractivity contribution in [1.82, 2.24) is 19.4 Å². The van der Waals surface area contributed by atoms with Crippen molar-refractivity contribution >= 4 is 10.9 Å². The van der Waals surface area contributed by atoms with Gasteiger partial charge < -0.3 is 4.90 Å². The molecule has 1 aliphatic rings. The molecule has 0 amide bonds. The van der Waals surface area contributed by atoms with Gasteiger partial charge in [0.1, 0.15) is 11.6 Å². The van der Waals surface area contributed by atoms with Gasteiger partial charge in [-0.2, -0.15) is 0 Å². The summed E-state index contributed by atoms with van der Waals surface area (Å²) in [5.41, 5.74) is 0.485. The first kappa shape index (κ1) is 21.9. The number of fused-ring (bicyclic) bond motifs is 1. The highest BCUT2D eigenvalue weighted by Gasteiger charge is 2.27. The number of nitrogens with zero attached hydrogens (tertiary/aromatic N) is 4. The molecule has 2 aromatic rings. The normalized spacial score (nSPS) is 17.7. The molecule has 5 nitrogen and oxygen atoms in total. The van der Waals surface area contributed by atoms with E-state index in [0.717, 1.165) is 57.7 Å². The van der Waals surface area contributed by atoms with E-state index < -0.39 is 0 Å². The van der Waals surface area contributed by atoms with Gasteiger partial charge in [-0.25, -0.2) is 9.37 Å². The first-order valence-electron chi connectivity index (χ1n) is 11.0. The molecule has 0 N–H and O–H groups in total. The van der Waals surface area contributed by atoms with Gasteiger partial charge >= 0.3 is 0 Å². The highest BCUT2D eigenvalue weighted by Crippen LogP contribution is 2.27. The maximum Gasteiger partial charge on any atom is 0.261 e. The fourth-order valence-electron chi connectivity index (χ4n) is 4.19. The van der Waals surface area contributed by atoms with Crippen molar-refractivity contribution in [3.8, 4) is 0 Å². The number of hydrogen-bond acceptors (Lipinski definition) is 4. The summed E-state index contributed by atoms with van der Waals surface area (Å²) in [6.07, 6.45) is 4.01. The number of benzene rings is 1. The fourth-order valence-corrected chi connectivity index (χ4v) is 4.19. The predicted octanol–water partition coefficient (Wildman–Crippen LogP) is 4.06. The zero-order valence-electron chi connectivity index (χ0n) is 18.3. The molecule has 1 saturated heterocycles. The maximum atomic E-state index is 13.8. The summed E-state index contributed by atoms with van der Waals surface area (Å²) < 4.78 is 15.7. The molecule has 1 aromatic heterocycles. The topological polar surface area (TPSA) is 41.4 Å². The molecule has 2 heterocycles. The Bertz CT molecular complexity index is 879. The number of rotatable bonds is 7. The molecule has 160 valence electrons. The molecule has 1 fully saturated rings. The summed E-state index contributed by atoms with van der Waals surface area (Å²) in [5.74, 6) is 0.941. The first-order valence-corrected chi connectivity index (χ1v) is 11.0. The molecular formula is C23H35FN4O. The fraction of sp³-hybridized carbons (Fsp3) is 0.652. The molecule has 1 aromatic carbocycles. The lowest BCUT2D eigenvalue weighted by atomic mass is 10.1. The first-order chi connectivity index (χ1) is 13.9. The Morgan fingerprint density at radius 2 is 1.93 bits per heavy atom. The molecular weight excluding hydrogens is 367 g/mol. The lowest BCUT2D eigenvalue weighted by molar-refractivity contribution is 0.179. The van der Waals surface area contributed by atoms with Crippen molar-refractivity contribution in [3.63, 3.8) is 0 Å². The van der Waals surface area contributed by atoms with E-state index in [-0.39, 0.29) is 17.4 Å². The monoisotopic (exact) mass is 402 g/mol. The quantitative estimate of drug-likeness (QED) is 0.700. The van der Waals surface area contributed by atoms with Crippen LogP contribution in [-0.2, 0) is 6.54 Å². The summed E-state index contributed by atoms with van der Waals surface area (Å²) in [4.78, 5) is 23.2. The van der Waals surface area contributed by atoms with Gasteiger partial charge in [0.15, 0.2) is 0 Å². The van der Waals surface area contributed by atoms with Gasteiger partial charge in [-0.3, -0.25) is 14.3 Å². The van der Waals surface area contributed by atoms with E-state index in [2.05, 4.69) is 37.6 Å². The Balaban J connectivity index is 2.10. The van der Waals surface area contributed by atoms with E-state index in [9.17, 15) is 9.18 Å². The van der Waals surface area contributed by atoms with E-state index in [0.29, 0.717) is 23.4 Å². The van der Waals surface area contributed by atoms with Crippen LogP contribution in [0.3, 0.4) is 0 Å². The van der Waals surface area contributed by atoms with Crippen molar-refractivity contribution in [1.29, 1.82) is 0 Å². The second-order valence-corrected chi connectivity index (χ2v) is 8.77. The molecule has 1 aliphatic heterocycles. The summed E-state index contributed by atoms with van der Waals surface area (Å²) >= 11 is 0. The van der Waals surface area contributed by atoms with Crippen LogP contribution in [0.2, 0.25) is 0 Å². The van der Waals surface area contributed by atoms with Gasteiger partial charge in [0, 0.05) is 26.2 Å².